The maximum absolute atomic E-state index is 12.6. The molecular weight excluding hydrogens is 326 g/mol. The first-order chi connectivity index (χ1) is 11.5. The summed E-state index contributed by atoms with van der Waals surface area (Å²) in [4.78, 5) is 18.2. The van der Waals surface area contributed by atoms with Gasteiger partial charge in [-0.05, 0) is 36.2 Å². The van der Waals surface area contributed by atoms with Crippen molar-refractivity contribution in [1.82, 2.24) is 9.88 Å². The third kappa shape index (κ3) is 3.41. The maximum Gasteiger partial charge on any atom is 0.253 e. The van der Waals surface area contributed by atoms with Gasteiger partial charge in [-0.1, -0.05) is 12.1 Å². The van der Waals surface area contributed by atoms with Crippen LogP contribution in [-0.2, 0) is 16.6 Å². The zero-order valence-corrected chi connectivity index (χ0v) is 14.2. The van der Waals surface area contributed by atoms with Crippen molar-refractivity contribution in [3.05, 3.63) is 59.9 Å². The largest absolute Gasteiger partial charge is 0.337 e. The molecule has 1 aliphatic rings. The number of sulfonamides is 1. The molecule has 0 saturated carbocycles. The van der Waals surface area contributed by atoms with Gasteiger partial charge in [-0.2, -0.15) is 0 Å². The van der Waals surface area contributed by atoms with Crippen LogP contribution < -0.4 is 4.31 Å². The highest BCUT2D eigenvalue weighted by molar-refractivity contribution is 7.93. The van der Waals surface area contributed by atoms with E-state index in [0.717, 1.165) is 5.56 Å². The molecule has 1 aromatic carbocycles. The molecule has 0 N–H and O–H groups in total. The fourth-order valence-electron chi connectivity index (χ4n) is 2.78. The molecule has 1 saturated heterocycles. The van der Waals surface area contributed by atoms with E-state index in [9.17, 15) is 13.2 Å². The molecule has 0 unspecified atom stereocenters. The van der Waals surface area contributed by atoms with Gasteiger partial charge in [0, 0.05) is 38.1 Å². The molecule has 24 heavy (non-hydrogen) atoms. The van der Waals surface area contributed by atoms with Gasteiger partial charge in [-0.25, -0.2) is 8.42 Å². The monoisotopic (exact) mass is 345 g/mol. The van der Waals surface area contributed by atoms with E-state index in [4.69, 9.17) is 0 Å². The van der Waals surface area contributed by atoms with Crippen molar-refractivity contribution in [3.8, 4) is 0 Å². The van der Waals surface area contributed by atoms with Crippen LogP contribution in [0.2, 0.25) is 0 Å². The molecule has 0 spiro atoms. The van der Waals surface area contributed by atoms with Crippen LogP contribution >= 0.6 is 0 Å². The first-order valence-electron chi connectivity index (χ1n) is 7.72. The number of carbonyl (C=O) groups is 1. The zero-order valence-electron chi connectivity index (χ0n) is 13.4. The molecule has 3 rings (SSSR count). The van der Waals surface area contributed by atoms with E-state index < -0.39 is 10.0 Å². The van der Waals surface area contributed by atoms with E-state index in [-0.39, 0.29) is 11.7 Å². The smallest absolute Gasteiger partial charge is 0.253 e. The zero-order chi connectivity index (χ0) is 17.2. The van der Waals surface area contributed by atoms with E-state index in [1.165, 1.54) is 4.31 Å². The summed E-state index contributed by atoms with van der Waals surface area (Å²) in [5.74, 6) is 0.00353. The summed E-state index contributed by atoms with van der Waals surface area (Å²) >= 11 is 0. The summed E-state index contributed by atoms with van der Waals surface area (Å²) in [6.45, 7) is 0.907. The number of benzene rings is 1. The molecule has 7 heteroatoms. The van der Waals surface area contributed by atoms with Crippen LogP contribution in [0, 0.1) is 0 Å². The number of hydrogen-bond donors (Lipinski definition) is 0. The van der Waals surface area contributed by atoms with Crippen molar-refractivity contribution in [1.29, 1.82) is 0 Å². The third-order valence-corrected chi connectivity index (χ3v) is 5.84. The van der Waals surface area contributed by atoms with E-state index in [0.29, 0.717) is 30.8 Å². The Morgan fingerprint density at radius 3 is 2.79 bits per heavy atom. The predicted molar refractivity (Wildman–Crippen MR) is 92.2 cm³/mol. The van der Waals surface area contributed by atoms with Crippen molar-refractivity contribution in [2.45, 2.75) is 13.0 Å². The number of carbonyl (C=O) groups excluding carboxylic acids is 1. The lowest BCUT2D eigenvalue weighted by atomic mass is 10.1. The Labute approximate surface area is 141 Å². The Kier molecular flexibility index (Phi) is 4.53. The van der Waals surface area contributed by atoms with Crippen molar-refractivity contribution in [2.75, 3.05) is 23.7 Å². The average Bonchev–Trinajstić information content (AvgIpc) is 2.94. The molecule has 1 aromatic heterocycles. The standard InChI is InChI=1S/C17H19N3O3S/c1-19(13-14-5-3-8-18-12-14)17(21)15-6-2-7-16(11-15)20-9-4-10-24(20,22)23/h2-3,5-8,11-12H,4,9-10,13H2,1H3. The Balaban J connectivity index is 1.79. The van der Waals surface area contributed by atoms with Crippen LogP contribution in [0.5, 0.6) is 0 Å². The van der Waals surface area contributed by atoms with Gasteiger partial charge in [0.15, 0.2) is 0 Å². The second kappa shape index (κ2) is 6.60. The number of amides is 1. The van der Waals surface area contributed by atoms with Gasteiger partial charge >= 0.3 is 0 Å². The minimum atomic E-state index is -3.25. The molecule has 0 bridgehead atoms. The maximum atomic E-state index is 12.6. The van der Waals surface area contributed by atoms with Crippen LogP contribution in [0.4, 0.5) is 5.69 Å². The molecule has 2 aromatic rings. The van der Waals surface area contributed by atoms with Gasteiger partial charge in [-0.3, -0.25) is 14.1 Å². The van der Waals surface area contributed by atoms with Crippen LogP contribution in [-0.4, -0.2) is 43.6 Å². The quantitative estimate of drug-likeness (QED) is 0.848. The second-order valence-corrected chi connectivity index (χ2v) is 7.83. The minimum absolute atomic E-state index is 0.155. The Hall–Kier alpha value is -2.41. The predicted octanol–water partition coefficient (Wildman–Crippen LogP) is 1.89. The number of hydrogen-bond acceptors (Lipinski definition) is 4. The summed E-state index contributed by atoms with van der Waals surface area (Å²) in [7, 11) is -1.53. The van der Waals surface area contributed by atoms with Crippen LogP contribution in [0.15, 0.2) is 48.8 Å². The number of anilines is 1. The van der Waals surface area contributed by atoms with Crippen LogP contribution in [0.25, 0.3) is 0 Å². The van der Waals surface area contributed by atoms with Crippen molar-refractivity contribution >= 4 is 21.6 Å². The highest BCUT2D eigenvalue weighted by atomic mass is 32.2. The van der Waals surface area contributed by atoms with Gasteiger partial charge in [-0.15, -0.1) is 0 Å². The van der Waals surface area contributed by atoms with Crippen molar-refractivity contribution < 1.29 is 13.2 Å². The lowest BCUT2D eigenvalue weighted by Crippen LogP contribution is -2.28. The minimum Gasteiger partial charge on any atom is -0.337 e. The Morgan fingerprint density at radius 1 is 1.29 bits per heavy atom. The highest BCUT2D eigenvalue weighted by Gasteiger charge is 2.28. The van der Waals surface area contributed by atoms with Gasteiger partial charge in [0.25, 0.3) is 5.91 Å². The molecule has 0 atom stereocenters. The summed E-state index contributed by atoms with van der Waals surface area (Å²) in [6.07, 6.45) is 4.02. The Morgan fingerprint density at radius 2 is 2.12 bits per heavy atom. The molecule has 126 valence electrons. The van der Waals surface area contributed by atoms with Crippen molar-refractivity contribution in [3.63, 3.8) is 0 Å². The number of nitrogens with zero attached hydrogens (tertiary/aromatic N) is 3. The molecule has 6 nitrogen and oxygen atoms in total. The first kappa shape index (κ1) is 16.4. The average molecular weight is 345 g/mol. The number of pyridine rings is 1. The first-order valence-corrected chi connectivity index (χ1v) is 9.33. The van der Waals surface area contributed by atoms with Crippen LogP contribution in [0.1, 0.15) is 22.3 Å². The third-order valence-electron chi connectivity index (χ3n) is 3.97. The van der Waals surface area contributed by atoms with E-state index in [2.05, 4.69) is 4.98 Å². The van der Waals surface area contributed by atoms with Gasteiger partial charge < -0.3 is 4.90 Å². The second-order valence-electron chi connectivity index (χ2n) is 5.81. The molecule has 1 aliphatic heterocycles. The highest BCUT2D eigenvalue weighted by Crippen LogP contribution is 2.25. The van der Waals surface area contributed by atoms with E-state index >= 15 is 0 Å². The van der Waals surface area contributed by atoms with Gasteiger partial charge in [0.2, 0.25) is 10.0 Å². The van der Waals surface area contributed by atoms with Gasteiger partial charge in [0.1, 0.15) is 0 Å². The fraction of sp³-hybridized carbons (Fsp3) is 0.294. The summed E-state index contributed by atoms with van der Waals surface area (Å²) in [5.41, 5.74) is 1.96. The van der Waals surface area contributed by atoms with Gasteiger partial charge in [0.05, 0.1) is 11.4 Å². The molecule has 0 aliphatic carbocycles. The molecule has 1 amide bonds. The molecule has 1 fully saturated rings. The Bertz CT molecular complexity index is 837. The van der Waals surface area contributed by atoms with Crippen LogP contribution in [0.3, 0.4) is 0 Å². The SMILES string of the molecule is CN(Cc1cccnc1)C(=O)c1cccc(N2CCCS2(=O)=O)c1. The normalized spacial score (nSPS) is 16.1. The summed E-state index contributed by atoms with van der Waals surface area (Å²) in [6, 6.07) is 10.5. The van der Waals surface area contributed by atoms with Crippen molar-refractivity contribution in [2.24, 2.45) is 0 Å². The summed E-state index contributed by atoms with van der Waals surface area (Å²) in [5, 5.41) is 0. The fourth-order valence-corrected chi connectivity index (χ4v) is 4.34. The number of aromatic nitrogens is 1. The topological polar surface area (TPSA) is 70.6 Å². The van der Waals surface area contributed by atoms with E-state index in [1.807, 2.05) is 12.1 Å². The molecule has 0 radical (unpaired) electrons. The number of rotatable bonds is 4. The molecule has 2 heterocycles. The summed E-state index contributed by atoms with van der Waals surface area (Å²) < 4.78 is 25.5. The lowest BCUT2D eigenvalue weighted by molar-refractivity contribution is 0.0785. The lowest BCUT2D eigenvalue weighted by Gasteiger charge is -2.20. The van der Waals surface area contributed by atoms with E-state index in [1.54, 1.807) is 48.6 Å². The molecular formula is C17H19N3O3S.